The Bertz CT molecular complexity index is 1220. The van der Waals surface area contributed by atoms with Crippen molar-refractivity contribution in [3.05, 3.63) is 115 Å². The van der Waals surface area contributed by atoms with Gasteiger partial charge in [-0.25, -0.2) is 9.59 Å². The van der Waals surface area contributed by atoms with Crippen molar-refractivity contribution in [1.82, 2.24) is 0 Å². The summed E-state index contributed by atoms with van der Waals surface area (Å²) in [6, 6.07) is 32.9. The van der Waals surface area contributed by atoms with Gasteiger partial charge in [0.2, 0.25) is 0 Å². The first-order valence-corrected chi connectivity index (χ1v) is 11.1. The molecule has 0 aliphatic carbocycles. The molecule has 6 nitrogen and oxygen atoms in total. The van der Waals surface area contributed by atoms with Crippen molar-refractivity contribution in [1.29, 1.82) is 0 Å². The molecule has 0 fully saturated rings. The van der Waals surface area contributed by atoms with Gasteiger partial charge in [-0.3, -0.25) is 0 Å². The third kappa shape index (κ3) is 7.20. The van der Waals surface area contributed by atoms with Crippen LogP contribution in [0, 0.1) is 0 Å². The van der Waals surface area contributed by atoms with Gasteiger partial charge in [0.05, 0.1) is 5.56 Å². The lowest BCUT2D eigenvalue weighted by atomic mass is 10.1. The molecule has 0 unspecified atom stereocenters. The highest BCUT2D eigenvalue weighted by Crippen LogP contribution is 2.22. The number of carbonyl (C=O) groups excluding carboxylic acids is 2. The number of ether oxygens (including phenoxy) is 4. The maximum absolute atomic E-state index is 12.2. The van der Waals surface area contributed by atoms with E-state index in [0.717, 1.165) is 11.1 Å². The summed E-state index contributed by atoms with van der Waals surface area (Å²) in [6.45, 7) is 0.129. The minimum atomic E-state index is -0.550. The Labute approximate surface area is 203 Å². The van der Waals surface area contributed by atoms with E-state index >= 15 is 0 Å². The first-order valence-electron chi connectivity index (χ1n) is 11.1. The fourth-order valence-corrected chi connectivity index (χ4v) is 3.23. The molecule has 176 valence electrons. The number of esters is 2. The number of carbonyl (C=O) groups is 2. The van der Waals surface area contributed by atoms with Gasteiger partial charge in [-0.15, -0.1) is 0 Å². The predicted octanol–water partition coefficient (Wildman–Crippen LogP) is 5.57. The average Bonchev–Trinajstić information content (AvgIpc) is 2.91. The first-order chi connectivity index (χ1) is 17.2. The van der Waals surface area contributed by atoms with E-state index < -0.39 is 11.9 Å². The third-order valence-electron chi connectivity index (χ3n) is 4.97. The van der Waals surface area contributed by atoms with E-state index in [1.165, 1.54) is 24.3 Å². The summed E-state index contributed by atoms with van der Waals surface area (Å²) in [6.07, 6.45) is 0. The first kappa shape index (κ1) is 23.6. The number of para-hydroxylation sites is 1. The smallest absolute Gasteiger partial charge is 0.349 e. The Kier molecular flexibility index (Phi) is 8.11. The molecule has 0 bridgehead atoms. The third-order valence-corrected chi connectivity index (χ3v) is 4.97. The lowest BCUT2D eigenvalue weighted by molar-refractivity contribution is -0.136. The van der Waals surface area contributed by atoms with Crippen LogP contribution in [0.25, 0.3) is 11.1 Å². The molecule has 0 heterocycles. The van der Waals surface area contributed by atoms with Crippen molar-refractivity contribution >= 4 is 11.9 Å². The summed E-state index contributed by atoms with van der Waals surface area (Å²) in [7, 11) is 0. The summed E-state index contributed by atoms with van der Waals surface area (Å²) < 4.78 is 21.5. The maximum atomic E-state index is 12.2. The van der Waals surface area contributed by atoms with E-state index in [1.54, 1.807) is 12.1 Å². The zero-order valence-electron chi connectivity index (χ0n) is 19.0. The maximum Gasteiger partial charge on any atom is 0.349 e. The van der Waals surface area contributed by atoms with Gasteiger partial charge in [-0.2, -0.15) is 0 Å². The molecule has 0 atom stereocenters. The van der Waals surface area contributed by atoms with Crippen LogP contribution in [0.3, 0.4) is 0 Å². The van der Waals surface area contributed by atoms with Gasteiger partial charge in [0.15, 0.2) is 6.61 Å². The number of rotatable bonds is 10. The minimum absolute atomic E-state index is 0.119. The fourth-order valence-electron chi connectivity index (χ4n) is 3.23. The van der Waals surface area contributed by atoms with Crippen LogP contribution in [0.5, 0.6) is 17.2 Å². The van der Waals surface area contributed by atoms with E-state index in [2.05, 4.69) is 0 Å². The molecule has 0 aromatic heterocycles. The van der Waals surface area contributed by atoms with Crippen molar-refractivity contribution in [3.63, 3.8) is 0 Å². The van der Waals surface area contributed by atoms with E-state index in [4.69, 9.17) is 18.9 Å². The monoisotopic (exact) mass is 468 g/mol. The highest BCUT2D eigenvalue weighted by molar-refractivity contribution is 5.89. The molecule has 6 heteroatoms. The van der Waals surface area contributed by atoms with Crippen molar-refractivity contribution < 1.29 is 28.5 Å². The summed E-state index contributed by atoms with van der Waals surface area (Å²) in [4.78, 5) is 24.3. The molecular formula is C29H24O6. The van der Waals surface area contributed by atoms with Crippen LogP contribution in [-0.4, -0.2) is 31.8 Å². The van der Waals surface area contributed by atoms with Gasteiger partial charge >= 0.3 is 11.9 Å². The van der Waals surface area contributed by atoms with Crippen molar-refractivity contribution in [2.45, 2.75) is 0 Å². The van der Waals surface area contributed by atoms with Gasteiger partial charge in [0.1, 0.15) is 30.5 Å². The normalized spacial score (nSPS) is 10.3. The highest BCUT2D eigenvalue weighted by Gasteiger charge is 2.10. The molecule has 35 heavy (non-hydrogen) atoms. The fraction of sp³-hybridized carbons (Fsp3) is 0.103. The molecule has 4 aromatic carbocycles. The Balaban J connectivity index is 1.19. The number of hydrogen-bond acceptors (Lipinski definition) is 6. The molecular weight excluding hydrogens is 444 g/mol. The average molecular weight is 469 g/mol. The summed E-state index contributed by atoms with van der Waals surface area (Å²) in [5, 5.41) is 0. The van der Waals surface area contributed by atoms with Crippen LogP contribution in [0.1, 0.15) is 10.4 Å². The van der Waals surface area contributed by atoms with Crippen molar-refractivity contribution in [3.8, 4) is 28.4 Å². The highest BCUT2D eigenvalue weighted by atomic mass is 16.6. The largest absolute Gasteiger partial charge is 0.490 e. The summed E-state index contributed by atoms with van der Waals surface area (Å²) >= 11 is 0. The zero-order chi connectivity index (χ0) is 24.3. The van der Waals surface area contributed by atoms with E-state index in [9.17, 15) is 9.59 Å². The zero-order valence-corrected chi connectivity index (χ0v) is 19.0. The van der Waals surface area contributed by atoms with Gasteiger partial charge in [0.25, 0.3) is 0 Å². The second-order valence-electron chi connectivity index (χ2n) is 7.47. The van der Waals surface area contributed by atoms with Crippen LogP contribution in [0.4, 0.5) is 0 Å². The molecule has 0 spiro atoms. The molecule has 0 saturated carbocycles. The van der Waals surface area contributed by atoms with Gasteiger partial charge in [-0.05, 0) is 59.7 Å². The molecule has 0 aliphatic rings. The SMILES string of the molecule is O=C(COc1ccc(-c2ccccc2)cc1)Oc1ccc(C(=O)OCCOc2ccccc2)cc1. The van der Waals surface area contributed by atoms with E-state index in [1.807, 2.05) is 72.8 Å². The topological polar surface area (TPSA) is 71.1 Å². The lowest BCUT2D eigenvalue weighted by Crippen LogP contribution is -2.17. The molecule has 0 N–H and O–H groups in total. The van der Waals surface area contributed by atoms with Gasteiger partial charge in [0, 0.05) is 0 Å². The number of benzene rings is 4. The summed E-state index contributed by atoms with van der Waals surface area (Å²) in [5.41, 5.74) is 2.51. The van der Waals surface area contributed by atoms with Crippen LogP contribution in [-0.2, 0) is 9.53 Å². The molecule has 0 saturated heterocycles. The Morgan fingerprint density at radius 2 is 1.11 bits per heavy atom. The standard InChI is InChI=1S/C29H24O6/c30-28(21-34-26-15-11-23(12-16-26)22-7-3-1-4-8-22)35-27-17-13-24(14-18-27)29(31)33-20-19-32-25-9-5-2-6-10-25/h1-18H,19-21H2. The van der Waals surface area contributed by atoms with Crippen LogP contribution in [0.15, 0.2) is 109 Å². The molecule has 4 aromatic rings. The van der Waals surface area contributed by atoms with Gasteiger partial charge in [-0.1, -0.05) is 60.7 Å². The molecule has 0 aliphatic heterocycles. The Hall–Kier alpha value is -4.58. The molecule has 0 amide bonds. The van der Waals surface area contributed by atoms with E-state index in [-0.39, 0.29) is 19.8 Å². The predicted molar refractivity (Wildman–Crippen MR) is 132 cm³/mol. The lowest BCUT2D eigenvalue weighted by Gasteiger charge is -2.09. The van der Waals surface area contributed by atoms with Crippen molar-refractivity contribution in [2.75, 3.05) is 19.8 Å². The van der Waals surface area contributed by atoms with E-state index in [0.29, 0.717) is 22.8 Å². The van der Waals surface area contributed by atoms with Crippen molar-refractivity contribution in [2.24, 2.45) is 0 Å². The quantitative estimate of drug-likeness (QED) is 0.172. The summed E-state index contributed by atoms with van der Waals surface area (Å²) in [5.74, 6) is 0.549. The van der Waals surface area contributed by atoms with Gasteiger partial charge < -0.3 is 18.9 Å². The van der Waals surface area contributed by atoms with Crippen LogP contribution >= 0.6 is 0 Å². The second-order valence-corrected chi connectivity index (χ2v) is 7.47. The minimum Gasteiger partial charge on any atom is -0.490 e. The molecule has 0 radical (unpaired) electrons. The second kappa shape index (κ2) is 12.0. The van der Waals surface area contributed by atoms with Crippen LogP contribution in [0.2, 0.25) is 0 Å². The molecule has 4 rings (SSSR count). The Morgan fingerprint density at radius 1 is 0.543 bits per heavy atom. The Morgan fingerprint density at radius 3 is 1.80 bits per heavy atom. The van der Waals surface area contributed by atoms with Crippen LogP contribution < -0.4 is 14.2 Å². The number of hydrogen-bond donors (Lipinski definition) is 0.